The molecule has 1 aliphatic rings. The van der Waals surface area contributed by atoms with E-state index in [0.717, 1.165) is 17.1 Å². The Bertz CT molecular complexity index is 540. The Morgan fingerprint density at radius 1 is 1.33 bits per heavy atom. The monoisotopic (exact) mass is 476 g/mol. The van der Waals surface area contributed by atoms with E-state index in [9.17, 15) is 13.2 Å². The normalized spacial score (nSPS) is 22.0. The molecule has 1 heterocycles. The second-order valence-corrected chi connectivity index (χ2v) is 7.21. The number of halogens is 4. The zero-order valence-corrected chi connectivity index (χ0v) is 17.2. The highest BCUT2D eigenvalue weighted by molar-refractivity contribution is 14.0. The molecule has 1 aromatic heterocycles. The van der Waals surface area contributed by atoms with Gasteiger partial charge in [0.1, 0.15) is 5.01 Å². The number of hydrogen-bond acceptors (Lipinski definition) is 3. The van der Waals surface area contributed by atoms with Gasteiger partial charge in [-0.05, 0) is 33.1 Å². The van der Waals surface area contributed by atoms with Crippen molar-refractivity contribution in [2.75, 3.05) is 7.05 Å². The fourth-order valence-corrected chi connectivity index (χ4v) is 3.65. The molecule has 2 atom stereocenters. The molecule has 1 aliphatic carbocycles. The molecule has 0 amide bonds. The Kier molecular flexibility index (Phi) is 8.24. The van der Waals surface area contributed by atoms with Crippen molar-refractivity contribution < 1.29 is 13.2 Å². The van der Waals surface area contributed by atoms with Crippen LogP contribution in [-0.4, -0.2) is 30.2 Å². The Hall–Kier alpha value is -0.580. The summed E-state index contributed by atoms with van der Waals surface area (Å²) in [4.78, 5) is 9.71. The van der Waals surface area contributed by atoms with E-state index in [0.29, 0.717) is 18.9 Å². The molecule has 0 saturated heterocycles. The highest BCUT2D eigenvalue weighted by Crippen LogP contribution is 2.37. The maximum atomic E-state index is 12.9. The van der Waals surface area contributed by atoms with Crippen LogP contribution < -0.4 is 10.6 Å². The van der Waals surface area contributed by atoms with Crippen LogP contribution in [0.15, 0.2) is 4.99 Å². The molecule has 0 spiro atoms. The Morgan fingerprint density at radius 2 is 2.04 bits per heavy atom. The first-order valence-corrected chi connectivity index (χ1v) is 8.58. The van der Waals surface area contributed by atoms with Crippen LogP contribution in [-0.2, 0) is 6.54 Å². The maximum Gasteiger partial charge on any atom is 0.391 e. The van der Waals surface area contributed by atoms with E-state index in [2.05, 4.69) is 20.6 Å². The van der Waals surface area contributed by atoms with Crippen LogP contribution in [0.1, 0.15) is 41.3 Å². The molecule has 2 N–H and O–H groups in total. The molecule has 0 radical (unpaired) electrons. The van der Waals surface area contributed by atoms with Gasteiger partial charge in [0.2, 0.25) is 0 Å². The zero-order chi connectivity index (χ0) is 17.0. The summed E-state index contributed by atoms with van der Waals surface area (Å²) in [6, 6.07) is -0.193. The number of rotatable bonds is 3. The third-order valence-electron chi connectivity index (χ3n) is 4.18. The van der Waals surface area contributed by atoms with E-state index in [1.165, 1.54) is 4.88 Å². The number of aliphatic imine (C=N–C) groups is 1. The largest absolute Gasteiger partial charge is 0.391 e. The molecule has 4 nitrogen and oxygen atoms in total. The van der Waals surface area contributed by atoms with Crippen molar-refractivity contribution in [1.29, 1.82) is 0 Å². The second kappa shape index (κ2) is 9.21. The van der Waals surface area contributed by atoms with Gasteiger partial charge in [0.15, 0.2) is 5.96 Å². The predicted octanol–water partition coefficient (Wildman–Crippen LogP) is 4.16. The Labute approximate surface area is 161 Å². The summed E-state index contributed by atoms with van der Waals surface area (Å²) in [5.74, 6) is -0.681. The summed E-state index contributed by atoms with van der Waals surface area (Å²) >= 11 is 1.61. The SMILES string of the molecule is CN=C(NCc1nc(C)c(C)s1)NC1CCCC(C(F)(F)F)C1.I. The van der Waals surface area contributed by atoms with Crippen LogP contribution in [0.3, 0.4) is 0 Å². The molecule has 1 aromatic rings. The number of guanidine groups is 1. The van der Waals surface area contributed by atoms with E-state index >= 15 is 0 Å². The van der Waals surface area contributed by atoms with Gasteiger partial charge >= 0.3 is 6.18 Å². The molecule has 2 rings (SSSR count). The summed E-state index contributed by atoms with van der Waals surface area (Å²) in [7, 11) is 1.62. The molecular weight excluding hydrogens is 452 g/mol. The second-order valence-electron chi connectivity index (χ2n) is 5.92. The van der Waals surface area contributed by atoms with Crippen LogP contribution in [0, 0.1) is 19.8 Å². The minimum atomic E-state index is -4.10. The van der Waals surface area contributed by atoms with Crippen molar-refractivity contribution >= 4 is 41.3 Å². The summed E-state index contributed by atoms with van der Waals surface area (Å²) in [5.41, 5.74) is 1.01. The topological polar surface area (TPSA) is 49.3 Å². The van der Waals surface area contributed by atoms with E-state index in [1.54, 1.807) is 18.4 Å². The number of hydrogen-bond donors (Lipinski definition) is 2. The summed E-state index contributed by atoms with van der Waals surface area (Å²) < 4.78 is 38.6. The predicted molar refractivity (Wildman–Crippen MR) is 102 cm³/mol. The highest BCUT2D eigenvalue weighted by atomic mass is 127. The summed E-state index contributed by atoms with van der Waals surface area (Å²) in [5, 5.41) is 7.19. The standard InChI is InChI=1S/C15H23F3N4S.HI/c1-9-10(2)23-13(21-9)8-20-14(19-3)22-12-6-4-5-11(7-12)15(16,17)18;/h11-12H,4-8H2,1-3H3,(H2,19,20,22);1H. The maximum absolute atomic E-state index is 12.9. The van der Waals surface area contributed by atoms with Crippen LogP contribution in [0.4, 0.5) is 13.2 Å². The molecule has 0 bridgehead atoms. The van der Waals surface area contributed by atoms with Gasteiger partial charge < -0.3 is 10.6 Å². The summed E-state index contributed by atoms with van der Waals surface area (Å²) in [6.45, 7) is 4.50. The van der Waals surface area contributed by atoms with E-state index in [4.69, 9.17) is 0 Å². The van der Waals surface area contributed by atoms with Gasteiger partial charge in [0.25, 0.3) is 0 Å². The van der Waals surface area contributed by atoms with Gasteiger partial charge in [-0.3, -0.25) is 4.99 Å². The Morgan fingerprint density at radius 3 is 2.58 bits per heavy atom. The first-order chi connectivity index (χ1) is 10.8. The molecular formula is C15H24F3IN4S. The smallest absolute Gasteiger partial charge is 0.354 e. The van der Waals surface area contributed by atoms with Gasteiger partial charge in [-0.1, -0.05) is 6.42 Å². The number of thiazole rings is 1. The molecule has 0 aromatic carbocycles. The van der Waals surface area contributed by atoms with Crippen molar-refractivity contribution in [1.82, 2.24) is 15.6 Å². The fourth-order valence-electron chi connectivity index (χ4n) is 2.78. The van der Waals surface area contributed by atoms with Crippen molar-refractivity contribution in [3.05, 3.63) is 15.6 Å². The highest BCUT2D eigenvalue weighted by Gasteiger charge is 2.42. The fraction of sp³-hybridized carbons (Fsp3) is 0.733. The lowest BCUT2D eigenvalue weighted by atomic mass is 9.85. The minimum absolute atomic E-state index is 0. The number of aryl methyl sites for hydroxylation is 2. The van der Waals surface area contributed by atoms with Gasteiger partial charge in [0.05, 0.1) is 18.2 Å². The van der Waals surface area contributed by atoms with Gasteiger partial charge in [-0.25, -0.2) is 4.98 Å². The van der Waals surface area contributed by atoms with E-state index in [-0.39, 0.29) is 42.9 Å². The number of alkyl halides is 3. The molecule has 2 unspecified atom stereocenters. The average Bonchev–Trinajstić information content (AvgIpc) is 2.81. The zero-order valence-electron chi connectivity index (χ0n) is 14.0. The molecule has 1 saturated carbocycles. The summed E-state index contributed by atoms with van der Waals surface area (Å²) in [6.07, 6.45) is -2.44. The van der Waals surface area contributed by atoms with Crippen molar-refractivity contribution in [2.24, 2.45) is 10.9 Å². The van der Waals surface area contributed by atoms with E-state index in [1.807, 2.05) is 13.8 Å². The lowest BCUT2D eigenvalue weighted by Gasteiger charge is -2.31. The number of nitrogens with one attached hydrogen (secondary N) is 2. The van der Waals surface area contributed by atoms with E-state index < -0.39 is 12.1 Å². The van der Waals surface area contributed by atoms with Gasteiger partial charge in [0, 0.05) is 18.0 Å². The van der Waals surface area contributed by atoms with Crippen LogP contribution in [0.2, 0.25) is 0 Å². The first kappa shape index (κ1) is 21.5. The van der Waals surface area contributed by atoms with Crippen molar-refractivity contribution in [3.8, 4) is 0 Å². The lowest BCUT2D eigenvalue weighted by Crippen LogP contribution is -2.46. The Balaban J connectivity index is 0.00000288. The van der Waals surface area contributed by atoms with Crippen LogP contribution >= 0.6 is 35.3 Å². The molecule has 138 valence electrons. The number of nitrogens with zero attached hydrogens (tertiary/aromatic N) is 2. The molecule has 9 heteroatoms. The number of aromatic nitrogens is 1. The first-order valence-electron chi connectivity index (χ1n) is 7.76. The third kappa shape index (κ3) is 6.05. The minimum Gasteiger partial charge on any atom is -0.354 e. The average molecular weight is 476 g/mol. The molecule has 0 aliphatic heterocycles. The molecule has 24 heavy (non-hydrogen) atoms. The third-order valence-corrected chi connectivity index (χ3v) is 5.25. The van der Waals surface area contributed by atoms with Crippen molar-refractivity contribution in [3.63, 3.8) is 0 Å². The molecule has 1 fully saturated rings. The van der Waals surface area contributed by atoms with Crippen LogP contribution in [0.25, 0.3) is 0 Å². The quantitative estimate of drug-likeness (QED) is 0.392. The van der Waals surface area contributed by atoms with Crippen molar-refractivity contribution in [2.45, 2.75) is 58.3 Å². The van der Waals surface area contributed by atoms with Crippen LogP contribution in [0.5, 0.6) is 0 Å². The lowest BCUT2D eigenvalue weighted by molar-refractivity contribution is -0.183. The van der Waals surface area contributed by atoms with Gasteiger partial charge in [-0.15, -0.1) is 35.3 Å². The van der Waals surface area contributed by atoms with Gasteiger partial charge in [-0.2, -0.15) is 13.2 Å².